The van der Waals surface area contributed by atoms with Gasteiger partial charge in [0.05, 0.1) is 19.9 Å². The smallest absolute Gasteiger partial charge is 0.269 e. The molecule has 0 atom stereocenters. The molecule has 1 spiro atoms. The summed E-state index contributed by atoms with van der Waals surface area (Å²) in [6.45, 7) is 2.51. The van der Waals surface area contributed by atoms with Crippen molar-refractivity contribution < 1.29 is 23.9 Å². The summed E-state index contributed by atoms with van der Waals surface area (Å²) in [7, 11) is 2.89. The van der Waals surface area contributed by atoms with Crippen molar-refractivity contribution >= 4 is 29.1 Å². The molecule has 1 aromatic carbocycles. The van der Waals surface area contributed by atoms with Gasteiger partial charge >= 0.3 is 0 Å². The standard InChI is InChI=1S/C26H30ClN3O5/c1-4-5-16-12-17(27)23(21(13-16)34-2)24-19(31)14-26(15-20(24)32)8-10-30(11-9-26)25(33)18(28)6-7-22(29)35-3/h6-7,12-13,24H,8-11,14-15,28-29H2,1-3H3/b18-6-,22-7+. The van der Waals surface area contributed by atoms with E-state index in [1.807, 2.05) is 0 Å². The second kappa shape index (κ2) is 10.9. The Bertz CT molecular complexity index is 1130. The first-order valence-corrected chi connectivity index (χ1v) is 11.6. The monoisotopic (exact) mass is 499 g/mol. The molecule has 1 aliphatic heterocycles. The molecular formula is C26H30ClN3O5. The fourth-order valence-corrected chi connectivity index (χ4v) is 5.12. The van der Waals surface area contributed by atoms with Crippen LogP contribution in [-0.2, 0) is 19.1 Å². The van der Waals surface area contributed by atoms with Gasteiger partial charge in [0.25, 0.3) is 5.91 Å². The van der Waals surface area contributed by atoms with E-state index in [0.717, 1.165) is 0 Å². The molecule has 1 amide bonds. The van der Waals surface area contributed by atoms with E-state index in [9.17, 15) is 14.4 Å². The highest BCUT2D eigenvalue weighted by Crippen LogP contribution is 2.48. The van der Waals surface area contributed by atoms with Crippen LogP contribution in [-0.4, -0.2) is 49.7 Å². The van der Waals surface area contributed by atoms with Crippen LogP contribution in [0.15, 0.2) is 35.9 Å². The number of piperidine rings is 1. The summed E-state index contributed by atoms with van der Waals surface area (Å²) in [4.78, 5) is 40.9. The van der Waals surface area contributed by atoms with Crippen molar-refractivity contribution in [1.29, 1.82) is 0 Å². The summed E-state index contributed by atoms with van der Waals surface area (Å²) in [6.07, 6.45) is 4.35. The Labute approximate surface area is 210 Å². The maximum atomic E-state index is 13.3. The minimum absolute atomic E-state index is 0.0368. The molecule has 3 rings (SSSR count). The molecule has 4 N–H and O–H groups in total. The minimum atomic E-state index is -0.969. The number of Topliss-reactive ketones (excluding diaryl/α,β-unsaturated/α-hetero) is 2. The molecule has 0 aromatic heterocycles. The van der Waals surface area contributed by atoms with Crippen molar-refractivity contribution in [1.82, 2.24) is 4.90 Å². The van der Waals surface area contributed by atoms with Gasteiger partial charge in [0, 0.05) is 42.1 Å². The average Bonchev–Trinajstić information content (AvgIpc) is 2.83. The lowest BCUT2D eigenvalue weighted by atomic mass is 9.63. The van der Waals surface area contributed by atoms with Crippen molar-refractivity contribution in [3.8, 4) is 17.6 Å². The molecule has 8 nitrogen and oxygen atoms in total. The van der Waals surface area contributed by atoms with Crippen LogP contribution in [0.5, 0.6) is 5.75 Å². The molecule has 9 heteroatoms. The van der Waals surface area contributed by atoms with E-state index in [-0.39, 0.29) is 46.9 Å². The number of rotatable bonds is 5. The van der Waals surface area contributed by atoms with Crippen molar-refractivity contribution in [2.45, 2.75) is 38.5 Å². The molecule has 0 bridgehead atoms. The van der Waals surface area contributed by atoms with E-state index >= 15 is 0 Å². The molecule has 1 aromatic rings. The van der Waals surface area contributed by atoms with E-state index in [4.69, 9.17) is 32.5 Å². The highest BCUT2D eigenvalue weighted by Gasteiger charge is 2.48. The normalized spacial score (nSPS) is 18.8. The maximum Gasteiger partial charge on any atom is 0.269 e. The number of likely N-dealkylation sites (tertiary alicyclic amines) is 1. The molecule has 2 aliphatic rings. The van der Waals surface area contributed by atoms with Crippen LogP contribution in [0.2, 0.25) is 5.02 Å². The largest absolute Gasteiger partial charge is 0.496 e. The number of hydrogen-bond donors (Lipinski definition) is 2. The lowest BCUT2D eigenvalue weighted by Gasteiger charge is -2.44. The third-order valence-corrected chi connectivity index (χ3v) is 6.95. The fraction of sp³-hybridized carbons (Fsp3) is 0.423. The second-order valence-corrected chi connectivity index (χ2v) is 9.26. The molecule has 35 heavy (non-hydrogen) atoms. The number of methoxy groups -OCH3 is 2. The molecule has 1 aliphatic carbocycles. The van der Waals surface area contributed by atoms with Crippen LogP contribution in [0.1, 0.15) is 49.7 Å². The first-order chi connectivity index (χ1) is 16.6. The number of amides is 1. The van der Waals surface area contributed by atoms with Gasteiger partial charge in [-0.1, -0.05) is 17.5 Å². The number of ketones is 2. The molecule has 1 saturated heterocycles. The Balaban J connectivity index is 1.75. The van der Waals surface area contributed by atoms with Gasteiger partial charge in [-0.05, 0) is 49.5 Å². The number of halogens is 1. The quantitative estimate of drug-likeness (QED) is 0.210. The SMILES string of the molecule is CC#Cc1cc(Cl)c(C2C(=O)CC3(CCN(C(=O)/C(N)=C/C=C(\N)OC)CC3)CC2=O)c(OC)c1. The van der Waals surface area contributed by atoms with Gasteiger partial charge < -0.3 is 25.8 Å². The Kier molecular flexibility index (Phi) is 8.13. The minimum Gasteiger partial charge on any atom is -0.496 e. The lowest BCUT2D eigenvalue weighted by Crippen LogP contribution is -2.49. The number of allylic oxidation sites excluding steroid dienone is 2. The van der Waals surface area contributed by atoms with Gasteiger partial charge in [0.15, 0.2) is 5.88 Å². The van der Waals surface area contributed by atoms with E-state index in [1.165, 1.54) is 26.4 Å². The number of nitrogens with zero attached hydrogens (tertiary/aromatic N) is 1. The third-order valence-electron chi connectivity index (χ3n) is 6.63. The second-order valence-electron chi connectivity index (χ2n) is 8.86. The summed E-state index contributed by atoms with van der Waals surface area (Å²) in [5.41, 5.74) is 12.0. The molecule has 1 saturated carbocycles. The Morgan fingerprint density at radius 1 is 1.14 bits per heavy atom. The lowest BCUT2D eigenvalue weighted by molar-refractivity contribution is -0.139. The molecule has 2 fully saturated rings. The van der Waals surface area contributed by atoms with E-state index in [2.05, 4.69) is 11.8 Å². The summed E-state index contributed by atoms with van der Waals surface area (Å²) in [6, 6.07) is 3.35. The number of nitrogens with two attached hydrogens (primary N) is 2. The van der Waals surface area contributed by atoms with Gasteiger partial charge in [0.1, 0.15) is 23.2 Å². The van der Waals surface area contributed by atoms with Gasteiger partial charge in [-0.25, -0.2) is 0 Å². The average molecular weight is 500 g/mol. The number of benzene rings is 1. The van der Waals surface area contributed by atoms with Crippen LogP contribution in [0.3, 0.4) is 0 Å². The van der Waals surface area contributed by atoms with Crippen molar-refractivity contribution in [2.75, 3.05) is 27.3 Å². The number of hydrogen-bond acceptors (Lipinski definition) is 7. The van der Waals surface area contributed by atoms with Crippen LogP contribution in [0.25, 0.3) is 0 Å². The number of carbonyl (C=O) groups is 3. The predicted octanol–water partition coefficient (Wildman–Crippen LogP) is 2.63. The fourth-order valence-electron chi connectivity index (χ4n) is 4.80. The van der Waals surface area contributed by atoms with Crippen LogP contribution >= 0.6 is 11.6 Å². The molecular weight excluding hydrogens is 470 g/mol. The Morgan fingerprint density at radius 3 is 2.31 bits per heavy atom. The summed E-state index contributed by atoms with van der Waals surface area (Å²) >= 11 is 6.50. The topological polar surface area (TPSA) is 125 Å². The van der Waals surface area contributed by atoms with Crippen LogP contribution < -0.4 is 16.2 Å². The predicted molar refractivity (Wildman–Crippen MR) is 132 cm³/mol. The Hall–Kier alpha value is -3.44. The third kappa shape index (κ3) is 5.63. The zero-order valence-electron chi connectivity index (χ0n) is 20.2. The van der Waals surface area contributed by atoms with E-state index in [1.54, 1.807) is 24.0 Å². The first kappa shape index (κ1) is 26.2. The number of carbonyl (C=O) groups excluding carboxylic acids is 3. The summed E-state index contributed by atoms with van der Waals surface area (Å²) < 4.78 is 10.3. The first-order valence-electron chi connectivity index (χ1n) is 11.3. The molecule has 186 valence electrons. The Morgan fingerprint density at radius 2 is 1.77 bits per heavy atom. The van der Waals surface area contributed by atoms with Gasteiger partial charge in [0.2, 0.25) is 0 Å². The maximum absolute atomic E-state index is 13.3. The molecule has 0 radical (unpaired) electrons. The van der Waals surface area contributed by atoms with E-state index < -0.39 is 11.3 Å². The zero-order chi connectivity index (χ0) is 25.8. The van der Waals surface area contributed by atoms with Crippen LogP contribution in [0, 0.1) is 17.3 Å². The summed E-state index contributed by atoms with van der Waals surface area (Å²) in [5, 5.41) is 0.288. The highest BCUT2D eigenvalue weighted by molar-refractivity contribution is 6.32. The van der Waals surface area contributed by atoms with Gasteiger partial charge in [-0.3, -0.25) is 14.4 Å². The molecule has 0 unspecified atom stereocenters. The van der Waals surface area contributed by atoms with Crippen LogP contribution in [0.4, 0.5) is 0 Å². The van der Waals surface area contributed by atoms with Crippen molar-refractivity contribution in [3.05, 3.63) is 52.0 Å². The van der Waals surface area contributed by atoms with E-state index in [0.29, 0.717) is 42.8 Å². The van der Waals surface area contributed by atoms with Gasteiger partial charge in [-0.2, -0.15) is 0 Å². The summed E-state index contributed by atoms with van der Waals surface area (Å²) in [5.74, 6) is 4.57. The van der Waals surface area contributed by atoms with Crippen molar-refractivity contribution in [2.24, 2.45) is 16.9 Å². The zero-order valence-corrected chi connectivity index (χ0v) is 20.9. The molecule has 1 heterocycles. The van der Waals surface area contributed by atoms with Gasteiger partial charge in [-0.15, -0.1) is 5.92 Å². The highest BCUT2D eigenvalue weighted by atomic mass is 35.5. The number of ether oxygens (including phenoxy) is 2. The van der Waals surface area contributed by atoms with Crippen molar-refractivity contribution in [3.63, 3.8) is 0 Å².